The third kappa shape index (κ3) is 4.12. The molecule has 8 heteroatoms. The molecule has 0 saturated heterocycles. The summed E-state index contributed by atoms with van der Waals surface area (Å²) in [6, 6.07) is 5.67. The van der Waals surface area contributed by atoms with Gasteiger partial charge in [0.2, 0.25) is 5.91 Å². The third-order valence-electron chi connectivity index (χ3n) is 4.89. The Morgan fingerprint density at radius 3 is 3.00 bits per heavy atom. The minimum Gasteiger partial charge on any atom is -0.339 e. The van der Waals surface area contributed by atoms with E-state index in [1.165, 1.54) is 28.6 Å². The molecule has 6 nitrogen and oxygen atoms in total. The SMILES string of the molecule is CN(Cc1ccccn1)C(=O)CSCc1nc2sc3c(c2c(=O)[nH]1)CCCC3. The van der Waals surface area contributed by atoms with Crippen LogP contribution in [0.1, 0.15) is 34.8 Å². The number of thioether (sulfide) groups is 1. The highest BCUT2D eigenvalue weighted by Crippen LogP contribution is 2.33. The maximum atomic E-state index is 12.6. The number of hydrogen-bond acceptors (Lipinski definition) is 6. The zero-order valence-corrected chi connectivity index (χ0v) is 17.4. The van der Waals surface area contributed by atoms with Crippen LogP contribution in [0, 0.1) is 0 Å². The lowest BCUT2D eigenvalue weighted by atomic mass is 9.97. The molecule has 0 unspecified atom stereocenters. The summed E-state index contributed by atoms with van der Waals surface area (Å²) in [7, 11) is 1.78. The Hall–Kier alpha value is -2.19. The van der Waals surface area contributed by atoms with E-state index in [1.54, 1.807) is 29.5 Å². The second-order valence-corrected chi connectivity index (χ2v) is 9.04. The largest absolute Gasteiger partial charge is 0.339 e. The fourth-order valence-electron chi connectivity index (χ4n) is 3.44. The molecule has 0 aromatic carbocycles. The predicted octanol–water partition coefficient (Wildman–Crippen LogP) is 3.15. The van der Waals surface area contributed by atoms with Gasteiger partial charge in [-0.05, 0) is 43.4 Å². The van der Waals surface area contributed by atoms with Crippen LogP contribution in [0.3, 0.4) is 0 Å². The molecule has 0 spiro atoms. The van der Waals surface area contributed by atoms with E-state index < -0.39 is 0 Å². The van der Waals surface area contributed by atoms with Crippen molar-refractivity contribution >= 4 is 39.2 Å². The topological polar surface area (TPSA) is 79.0 Å². The van der Waals surface area contributed by atoms with Crippen LogP contribution >= 0.6 is 23.1 Å². The molecule has 1 aliphatic rings. The van der Waals surface area contributed by atoms with E-state index in [1.807, 2.05) is 18.2 Å². The van der Waals surface area contributed by atoms with Crippen molar-refractivity contribution in [1.29, 1.82) is 0 Å². The lowest BCUT2D eigenvalue weighted by molar-refractivity contribution is -0.127. The van der Waals surface area contributed by atoms with Crippen molar-refractivity contribution in [3.8, 4) is 0 Å². The van der Waals surface area contributed by atoms with Gasteiger partial charge in [-0.15, -0.1) is 23.1 Å². The van der Waals surface area contributed by atoms with Gasteiger partial charge in [-0.2, -0.15) is 0 Å². The summed E-state index contributed by atoms with van der Waals surface area (Å²) in [6.07, 6.45) is 6.09. The van der Waals surface area contributed by atoms with Crippen molar-refractivity contribution in [2.45, 2.75) is 38.0 Å². The second kappa shape index (κ2) is 8.45. The smallest absolute Gasteiger partial charge is 0.259 e. The number of carbonyl (C=O) groups is 1. The molecule has 3 aromatic rings. The molecule has 0 bridgehead atoms. The van der Waals surface area contributed by atoms with Gasteiger partial charge in [-0.1, -0.05) is 6.07 Å². The Balaban J connectivity index is 1.37. The molecular weight excluding hydrogens is 392 g/mol. The van der Waals surface area contributed by atoms with Gasteiger partial charge in [0.15, 0.2) is 0 Å². The molecule has 1 aliphatic carbocycles. The average Bonchev–Trinajstić information content (AvgIpc) is 3.07. The zero-order chi connectivity index (χ0) is 19.5. The molecule has 0 atom stereocenters. The molecule has 4 rings (SSSR count). The molecule has 146 valence electrons. The Kier molecular flexibility index (Phi) is 5.77. The molecule has 3 aromatic heterocycles. The van der Waals surface area contributed by atoms with Crippen molar-refractivity contribution in [1.82, 2.24) is 19.9 Å². The Labute approximate surface area is 171 Å². The van der Waals surface area contributed by atoms with Crippen LogP contribution in [-0.4, -0.2) is 38.6 Å². The van der Waals surface area contributed by atoms with Crippen molar-refractivity contribution in [3.05, 3.63) is 56.7 Å². The summed E-state index contributed by atoms with van der Waals surface area (Å²) in [5.74, 6) is 1.52. The van der Waals surface area contributed by atoms with Gasteiger partial charge in [-0.25, -0.2) is 4.98 Å². The molecule has 1 amide bonds. The van der Waals surface area contributed by atoms with Crippen molar-refractivity contribution in [2.75, 3.05) is 12.8 Å². The van der Waals surface area contributed by atoms with E-state index in [4.69, 9.17) is 0 Å². The second-order valence-electron chi connectivity index (χ2n) is 6.97. The van der Waals surface area contributed by atoms with E-state index in [9.17, 15) is 9.59 Å². The monoisotopic (exact) mass is 414 g/mol. The molecule has 0 fully saturated rings. The van der Waals surface area contributed by atoms with Gasteiger partial charge in [-0.3, -0.25) is 14.6 Å². The minimum atomic E-state index is -0.0430. The molecule has 0 aliphatic heterocycles. The lowest BCUT2D eigenvalue weighted by Gasteiger charge is -2.16. The van der Waals surface area contributed by atoms with Crippen molar-refractivity contribution in [3.63, 3.8) is 0 Å². The number of rotatable bonds is 6. The fourth-order valence-corrected chi connectivity index (χ4v) is 5.55. The summed E-state index contributed by atoms with van der Waals surface area (Å²) in [5.41, 5.74) is 2.02. The van der Waals surface area contributed by atoms with Gasteiger partial charge >= 0.3 is 0 Å². The minimum absolute atomic E-state index is 0.0330. The zero-order valence-electron chi connectivity index (χ0n) is 15.7. The highest BCUT2D eigenvalue weighted by molar-refractivity contribution is 7.99. The van der Waals surface area contributed by atoms with Crippen LogP contribution < -0.4 is 5.56 Å². The number of pyridine rings is 1. The molecule has 28 heavy (non-hydrogen) atoms. The van der Waals surface area contributed by atoms with E-state index in [0.29, 0.717) is 23.9 Å². The Bertz CT molecular complexity index is 1050. The van der Waals surface area contributed by atoms with Crippen LogP contribution in [0.15, 0.2) is 29.2 Å². The number of nitrogens with one attached hydrogen (secondary N) is 1. The normalized spacial score (nSPS) is 13.5. The number of thiophene rings is 1. The Morgan fingerprint density at radius 1 is 1.32 bits per heavy atom. The van der Waals surface area contributed by atoms with Crippen LogP contribution in [0.25, 0.3) is 10.2 Å². The highest BCUT2D eigenvalue weighted by Gasteiger charge is 2.20. The van der Waals surface area contributed by atoms with Crippen LogP contribution in [0.5, 0.6) is 0 Å². The number of aromatic amines is 1. The van der Waals surface area contributed by atoms with Gasteiger partial charge in [0.25, 0.3) is 5.56 Å². The van der Waals surface area contributed by atoms with Gasteiger partial charge in [0.05, 0.1) is 29.1 Å². The maximum Gasteiger partial charge on any atom is 0.259 e. The number of amides is 1. The van der Waals surface area contributed by atoms with E-state index in [2.05, 4.69) is 15.0 Å². The summed E-state index contributed by atoms with van der Waals surface area (Å²) < 4.78 is 0. The van der Waals surface area contributed by atoms with E-state index in [0.717, 1.165) is 35.2 Å². The number of H-pyrrole nitrogens is 1. The number of carbonyl (C=O) groups excluding carboxylic acids is 1. The average molecular weight is 415 g/mol. The fraction of sp³-hybridized carbons (Fsp3) is 0.400. The number of aryl methyl sites for hydroxylation is 2. The standard InChI is InChI=1S/C20H22N4O2S2/c1-24(10-13-6-4-5-9-21-13)17(25)12-27-11-16-22-19(26)18-14-7-2-3-8-15(14)28-20(18)23-16/h4-6,9H,2-3,7-8,10-12H2,1H3,(H,22,23,26). The number of hydrogen-bond donors (Lipinski definition) is 1. The third-order valence-corrected chi connectivity index (χ3v) is 7.00. The van der Waals surface area contributed by atoms with Crippen LogP contribution in [0.2, 0.25) is 0 Å². The van der Waals surface area contributed by atoms with Gasteiger partial charge in [0, 0.05) is 18.1 Å². The van der Waals surface area contributed by atoms with Crippen LogP contribution in [0.4, 0.5) is 0 Å². The summed E-state index contributed by atoms with van der Waals surface area (Å²) in [6.45, 7) is 0.488. The molecule has 0 saturated carbocycles. The Morgan fingerprint density at radius 2 is 2.18 bits per heavy atom. The summed E-state index contributed by atoms with van der Waals surface area (Å²) in [4.78, 5) is 40.5. The first-order valence-corrected chi connectivity index (χ1v) is 11.3. The lowest BCUT2D eigenvalue weighted by Crippen LogP contribution is -2.28. The quantitative estimate of drug-likeness (QED) is 0.670. The summed E-state index contributed by atoms with van der Waals surface area (Å²) in [5, 5.41) is 0.777. The number of nitrogens with zero attached hydrogens (tertiary/aromatic N) is 3. The molecule has 3 heterocycles. The number of aromatic nitrogens is 3. The summed E-state index contributed by atoms with van der Waals surface area (Å²) >= 11 is 3.12. The van der Waals surface area contributed by atoms with Gasteiger partial charge in [0.1, 0.15) is 10.7 Å². The van der Waals surface area contributed by atoms with Crippen molar-refractivity contribution in [2.24, 2.45) is 0 Å². The first-order valence-electron chi connectivity index (χ1n) is 9.37. The highest BCUT2D eigenvalue weighted by atomic mass is 32.2. The maximum absolute atomic E-state index is 12.6. The van der Waals surface area contributed by atoms with Gasteiger partial charge < -0.3 is 9.88 Å². The predicted molar refractivity (Wildman–Crippen MR) is 114 cm³/mol. The first kappa shape index (κ1) is 19.1. The first-order chi connectivity index (χ1) is 13.6. The van der Waals surface area contributed by atoms with Crippen LogP contribution in [-0.2, 0) is 29.9 Å². The van der Waals surface area contributed by atoms with E-state index >= 15 is 0 Å². The molecule has 1 N–H and O–H groups in total. The molecular formula is C20H22N4O2S2. The number of fused-ring (bicyclic) bond motifs is 3. The molecule has 0 radical (unpaired) electrons. The van der Waals surface area contributed by atoms with E-state index in [-0.39, 0.29) is 11.5 Å². The van der Waals surface area contributed by atoms with Crippen molar-refractivity contribution < 1.29 is 4.79 Å².